The smallest absolute Gasteiger partial charge is 0.416 e. The summed E-state index contributed by atoms with van der Waals surface area (Å²) in [6.45, 7) is 1.86. The van der Waals surface area contributed by atoms with Gasteiger partial charge in [0.2, 0.25) is 0 Å². The first kappa shape index (κ1) is 20.6. The maximum atomic E-state index is 13.0. The van der Waals surface area contributed by atoms with Gasteiger partial charge in [-0.25, -0.2) is 0 Å². The summed E-state index contributed by atoms with van der Waals surface area (Å²) in [5.74, 6) is 0.0340. The molecule has 2 aromatic rings. The number of hydrogen-bond donors (Lipinski definition) is 1. The lowest BCUT2D eigenvalue weighted by Crippen LogP contribution is -2.21. The van der Waals surface area contributed by atoms with Crippen LogP contribution in [-0.2, 0) is 15.7 Å². The second kappa shape index (κ2) is 9.27. The van der Waals surface area contributed by atoms with Crippen molar-refractivity contribution in [2.45, 2.75) is 13.1 Å². The van der Waals surface area contributed by atoms with Crippen LogP contribution >= 0.6 is 0 Å². The predicted octanol–water partition coefficient (Wildman–Crippen LogP) is 4.06. The van der Waals surface area contributed by atoms with Crippen molar-refractivity contribution in [3.8, 4) is 11.5 Å². The molecule has 1 N–H and O–H groups in total. The van der Waals surface area contributed by atoms with E-state index in [4.69, 9.17) is 14.2 Å². The summed E-state index contributed by atoms with van der Waals surface area (Å²) >= 11 is 0. The summed E-state index contributed by atoms with van der Waals surface area (Å²) in [6.07, 6.45) is -4.54. The highest BCUT2D eigenvalue weighted by molar-refractivity contribution is 5.93. The fraction of sp³-hybridized carbons (Fsp3) is 0.316. The average molecular weight is 383 g/mol. The van der Waals surface area contributed by atoms with Gasteiger partial charge in [0.15, 0.2) is 6.61 Å². The van der Waals surface area contributed by atoms with E-state index >= 15 is 0 Å². The molecule has 2 rings (SSSR count). The summed E-state index contributed by atoms with van der Waals surface area (Å²) < 4.78 is 54.5. The van der Waals surface area contributed by atoms with E-state index in [9.17, 15) is 18.0 Å². The summed E-state index contributed by atoms with van der Waals surface area (Å²) in [7, 11) is 1.47. The minimum Gasteiger partial charge on any atom is -0.489 e. The van der Waals surface area contributed by atoms with E-state index in [1.165, 1.54) is 7.11 Å². The molecule has 0 spiro atoms. The zero-order chi connectivity index (χ0) is 19.9. The minimum atomic E-state index is -4.54. The molecule has 0 heterocycles. The Morgan fingerprint density at radius 1 is 1.04 bits per heavy atom. The fourth-order valence-corrected chi connectivity index (χ4v) is 2.21. The Hall–Kier alpha value is -2.74. The Labute approximate surface area is 155 Å². The molecule has 1 amide bonds. The number of anilines is 1. The first-order valence-corrected chi connectivity index (χ1v) is 8.12. The maximum absolute atomic E-state index is 13.0. The zero-order valence-electron chi connectivity index (χ0n) is 14.9. The molecule has 146 valence electrons. The lowest BCUT2D eigenvalue weighted by Gasteiger charge is -2.15. The maximum Gasteiger partial charge on any atom is 0.416 e. The van der Waals surface area contributed by atoms with Crippen LogP contribution in [0.4, 0.5) is 18.9 Å². The van der Waals surface area contributed by atoms with E-state index in [1.807, 2.05) is 19.1 Å². The number of alkyl halides is 3. The Kier molecular flexibility index (Phi) is 7.06. The van der Waals surface area contributed by atoms with E-state index in [0.29, 0.717) is 5.75 Å². The van der Waals surface area contributed by atoms with Gasteiger partial charge in [-0.1, -0.05) is 18.2 Å². The second-order valence-electron chi connectivity index (χ2n) is 5.65. The highest BCUT2D eigenvalue weighted by atomic mass is 19.4. The quantitative estimate of drug-likeness (QED) is 0.699. The van der Waals surface area contributed by atoms with Gasteiger partial charge in [-0.05, 0) is 36.8 Å². The van der Waals surface area contributed by atoms with Gasteiger partial charge < -0.3 is 19.5 Å². The molecule has 0 aliphatic heterocycles. The molecule has 0 saturated heterocycles. The number of ether oxygens (including phenoxy) is 3. The van der Waals surface area contributed by atoms with E-state index in [-0.39, 0.29) is 31.3 Å². The molecule has 0 aliphatic carbocycles. The van der Waals surface area contributed by atoms with Gasteiger partial charge in [0.1, 0.15) is 18.1 Å². The summed E-state index contributed by atoms with van der Waals surface area (Å²) in [4.78, 5) is 12.1. The van der Waals surface area contributed by atoms with Crippen LogP contribution in [0.3, 0.4) is 0 Å². The number of halogens is 3. The van der Waals surface area contributed by atoms with Gasteiger partial charge in [-0.2, -0.15) is 13.2 Å². The third-order valence-electron chi connectivity index (χ3n) is 3.58. The van der Waals surface area contributed by atoms with Crippen LogP contribution in [0.25, 0.3) is 0 Å². The lowest BCUT2D eigenvalue weighted by molar-refractivity contribution is -0.137. The van der Waals surface area contributed by atoms with Crippen LogP contribution in [-0.4, -0.2) is 32.8 Å². The number of carbonyl (C=O) groups is 1. The molecule has 8 heteroatoms. The molecule has 0 saturated carbocycles. The number of amides is 1. The Bertz CT molecular complexity index is 778. The Morgan fingerprint density at radius 3 is 2.44 bits per heavy atom. The van der Waals surface area contributed by atoms with Crippen molar-refractivity contribution < 1.29 is 32.2 Å². The number of para-hydroxylation sites is 1. The molecule has 0 aromatic heterocycles. The highest BCUT2D eigenvalue weighted by Gasteiger charge is 2.31. The molecule has 27 heavy (non-hydrogen) atoms. The molecule has 0 fully saturated rings. The number of benzene rings is 2. The van der Waals surface area contributed by atoms with Crippen LogP contribution in [0.15, 0.2) is 42.5 Å². The first-order valence-electron chi connectivity index (χ1n) is 8.12. The predicted molar refractivity (Wildman–Crippen MR) is 94.1 cm³/mol. The van der Waals surface area contributed by atoms with Gasteiger partial charge in [-0.15, -0.1) is 0 Å². The fourth-order valence-electron chi connectivity index (χ4n) is 2.21. The number of aryl methyl sites for hydroxylation is 1. The number of methoxy groups -OCH3 is 1. The molecule has 0 aliphatic rings. The average Bonchev–Trinajstić information content (AvgIpc) is 2.61. The van der Waals surface area contributed by atoms with Crippen molar-refractivity contribution >= 4 is 11.6 Å². The summed E-state index contributed by atoms with van der Waals surface area (Å²) in [5.41, 5.74) is -0.135. The van der Waals surface area contributed by atoms with Gasteiger partial charge in [0.25, 0.3) is 5.91 Å². The molecule has 0 bridgehead atoms. The third-order valence-corrected chi connectivity index (χ3v) is 3.58. The van der Waals surface area contributed by atoms with Crippen molar-refractivity contribution in [1.29, 1.82) is 0 Å². The van der Waals surface area contributed by atoms with Crippen LogP contribution in [0.1, 0.15) is 11.1 Å². The SMILES string of the molecule is COCCOc1ccc(C(F)(F)F)cc1NC(=O)COc1ccccc1C. The lowest BCUT2D eigenvalue weighted by atomic mass is 10.1. The van der Waals surface area contributed by atoms with E-state index in [1.54, 1.807) is 12.1 Å². The molecular formula is C19H20F3NO4. The van der Waals surface area contributed by atoms with E-state index in [0.717, 1.165) is 23.8 Å². The molecular weight excluding hydrogens is 363 g/mol. The zero-order valence-corrected chi connectivity index (χ0v) is 14.9. The highest BCUT2D eigenvalue weighted by Crippen LogP contribution is 2.35. The monoisotopic (exact) mass is 383 g/mol. The number of rotatable bonds is 8. The van der Waals surface area contributed by atoms with Gasteiger partial charge in [-0.3, -0.25) is 4.79 Å². The van der Waals surface area contributed by atoms with E-state index in [2.05, 4.69) is 5.32 Å². The molecule has 5 nitrogen and oxygen atoms in total. The van der Waals surface area contributed by atoms with Gasteiger partial charge in [0, 0.05) is 7.11 Å². The number of hydrogen-bond acceptors (Lipinski definition) is 4. The standard InChI is InChI=1S/C19H20F3NO4/c1-13-5-3-4-6-16(13)27-12-18(24)23-15-11-14(19(20,21)22)7-8-17(15)26-10-9-25-2/h3-8,11H,9-10,12H2,1-2H3,(H,23,24). The largest absolute Gasteiger partial charge is 0.489 e. The van der Waals surface area contributed by atoms with Crippen LogP contribution in [0, 0.1) is 6.92 Å². The number of carbonyl (C=O) groups excluding carboxylic acids is 1. The third kappa shape index (κ3) is 6.18. The molecule has 0 atom stereocenters. The Morgan fingerprint density at radius 2 is 1.78 bits per heavy atom. The molecule has 2 aromatic carbocycles. The van der Waals surface area contributed by atoms with Crippen molar-refractivity contribution in [2.75, 3.05) is 32.2 Å². The molecule has 0 radical (unpaired) electrons. The van der Waals surface area contributed by atoms with Crippen molar-refractivity contribution in [3.63, 3.8) is 0 Å². The van der Waals surface area contributed by atoms with Gasteiger partial charge >= 0.3 is 6.18 Å². The summed E-state index contributed by atoms with van der Waals surface area (Å²) in [6, 6.07) is 9.99. The Balaban J connectivity index is 2.11. The number of nitrogens with one attached hydrogen (secondary N) is 1. The van der Waals surface area contributed by atoms with Crippen molar-refractivity contribution in [1.82, 2.24) is 0 Å². The van der Waals surface area contributed by atoms with E-state index < -0.39 is 17.6 Å². The van der Waals surface area contributed by atoms with Crippen LogP contribution < -0.4 is 14.8 Å². The topological polar surface area (TPSA) is 56.8 Å². The van der Waals surface area contributed by atoms with Crippen molar-refractivity contribution in [2.24, 2.45) is 0 Å². The minimum absolute atomic E-state index is 0.0840. The normalized spacial score (nSPS) is 11.1. The second-order valence-corrected chi connectivity index (χ2v) is 5.65. The molecule has 0 unspecified atom stereocenters. The van der Waals surface area contributed by atoms with Gasteiger partial charge in [0.05, 0.1) is 17.9 Å². The van der Waals surface area contributed by atoms with Crippen LogP contribution in [0.5, 0.6) is 11.5 Å². The van der Waals surface area contributed by atoms with Crippen molar-refractivity contribution in [3.05, 3.63) is 53.6 Å². The van der Waals surface area contributed by atoms with Crippen LogP contribution in [0.2, 0.25) is 0 Å². The summed E-state index contributed by atoms with van der Waals surface area (Å²) in [5, 5.41) is 2.41. The first-order chi connectivity index (χ1) is 12.8.